The van der Waals surface area contributed by atoms with Gasteiger partial charge in [-0.2, -0.15) is 0 Å². The first-order chi connectivity index (χ1) is 12.5. The van der Waals surface area contributed by atoms with Crippen LogP contribution in [0.4, 0.5) is 0 Å². The van der Waals surface area contributed by atoms with Crippen LogP contribution in [0.2, 0.25) is 0 Å². The van der Waals surface area contributed by atoms with Gasteiger partial charge in [0.15, 0.2) is 0 Å². The number of nitrogens with one attached hydrogen (secondary N) is 1. The number of piperidine rings is 1. The first-order valence-electron chi connectivity index (χ1n) is 9.36. The van der Waals surface area contributed by atoms with Gasteiger partial charge in [0.1, 0.15) is 5.41 Å². The number of carboxylic acids is 1. The summed E-state index contributed by atoms with van der Waals surface area (Å²) in [5.74, 6) is -1.40. The average Bonchev–Trinajstić information content (AvgIpc) is 3.46. The molecule has 2 aliphatic rings. The lowest BCUT2D eigenvalue weighted by atomic mass is 9.93. The summed E-state index contributed by atoms with van der Waals surface area (Å²) in [6.45, 7) is 3.20. The second-order valence-electron chi connectivity index (χ2n) is 7.33. The highest BCUT2D eigenvalue weighted by molar-refractivity contribution is 6.04. The summed E-state index contributed by atoms with van der Waals surface area (Å²) in [6, 6.07) is 9.76. The van der Waals surface area contributed by atoms with Crippen molar-refractivity contribution >= 4 is 17.8 Å². The third kappa shape index (κ3) is 3.59. The van der Waals surface area contributed by atoms with Crippen molar-refractivity contribution in [2.75, 3.05) is 13.1 Å². The number of likely N-dealkylation sites (tertiary alicyclic amines) is 1. The van der Waals surface area contributed by atoms with E-state index in [4.69, 9.17) is 0 Å². The van der Waals surface area contributed by atoms with Crippen LogP contribution in [0.15, 0.2) is 30.3 Å². The van der Waals surface area contributed by atoms with Gasteiger partial charge in [-0.05, 0) is 37.7 Å². The molecule has 1 atom stereocenters. The molecule has 2 fully saturated rings. The number of benzene rings is 1. The Kier molecular flexibility index (Phi) is 5.30. The highest BCUT2D eigenvalue weighted by Crippen LogP contribution is 2.46. The van der Waals surface area contributed by atoms with Crippen molar-refractivity contribution in [2.24, 2.45) is 5.41 Å². The largest absolute Gasteiger partial charge is 0.480 e. The van der Waals surface area contributed by atoms with E-state index >= 15 is 0 Å². The van der Waals surface area contributed by atoms with Crippen LogP contribution in [0.5, 0.6) is 0 Å². The molecular formula is C20H26N2O4. The van der Waals surface area contributed by atoms with E-state index in [1.807, 2.05) is 42.2 Å². The molecule has 0 bridgehead atoms. The van der Waals surface area contributed by atoms with E-state index in [0.29, 0.717) is 38.8 Å². The number of hydrogen-bond donors (Lipinski definition) is 2. The second kappa shape index (κ2) is 7.48. The van der Waals surface area contributed by atoms with Gasteiger partial charge in [-0.25, -0.2) is 0 Å². The fourth-order valence-corrected chi connectivity index (χ4v) is 3.69. The lowest BCUT2D eigenvalue weighted by molar-refractivity contribution is -0.149. The first-order valence-corrected chi connectivity index (χ1v) is 9.36. The molecule has 2 N–H and O–H groups in total. The van der Waals surface area contributed by atoms with Crippen LogP contribution in [0.3, 0.4) is 0 Å². The molecular weight excluding hydrogens is 332 g/mol. The normalized spacial score (nSPS) is 20.3. The van der Waals surface area contributed by atoms with E-state index in [0.717, 1.165) is 12.0 Å². The van der Waals surface area contributed by atoms with Gasteiger partial charge in [0.2, 0.25) is 11.8 Å². The molecule has 26 heavy (non-hydrogen) atoms. The zero-order chi connectivity index (χ0) is 18.7. The first kappa shape index (κ1) is 18.4. The molecule has 2 amide bonds. The SMILES string of the molecule is CCC(C(=O)N1CCC(NC(=O)C2(C(=O)O)CC2)CC1)c1ccccc1. The Morgan fingerprint density at radius 2 is 1.81 bits per heavy atom. The van der Waals surface area contributed by atoms with Crippen LogP contribution in [-0.4, -0.2) is 46.9 Å². The standard InChI is InChI=1S/C20H26N2O4/c1-2-16(14-6-4-3-5-7-14)17(23)22-12-8-15(9-13-22)21-18(24)20(10-11-20)19(25)26/h3-7,15-16H,2,8-13H2,1H3,(H,21,24)(H,25,26). The van der Waals surface area contributed by atoms with Crippen molar-refractivity contribution < 1.29 is 19.5 Å². The van der Waals surface area contributed by atoms with Crippen molar-refractivity contribution in [3.05, 3.63) is 35.9 Å². The monoisotopic (exact) mass is 358 g/mol. The fraction of sp³-hybridized carbons (Fsp3) is 0.550. The van der Waals surface area contributed by atoms with Crippen LogP contribution in [0.25, 0.3) is 0 Å². The molecule has 1 saturated heterocycles. The van der Waals surface area contributed by atoms with Gasteiger partial charge in [-0.15, -0.1) is 0 Å². The van der Waals surface area contributed by atoms with Gasteiger partial charge in [0.05, 0.1) is 5.92 Å². The summed E-state index contributed by atoms with van der Waals surface area (Å²) in [7, 11) is 0. The lowest BCUT2D eigenvalue weighted by Gasteiger charge is -2.35. The van der Waals surface area contributed by atoms with Crippen LogP contribution in [0.1, 0.15) is 50.5 Å². The second-order valence-corrected chi connectivity index (χ2v) is 7.33. The zero-order valence-electron chi connectivity index (χ0n) is 15.1. The molecule has 0 spiro atoms. The summed E-state index contributed by atoms with van der Waals surface area (Å²) in [5.41, 5.74) is -0.166. The number of aliphatic carboxylic acids is 1. The molecule has 1 saturated carbocycles. The minimum absolute atomic E-state index is 0.0554. The van der Waals surface area contributed by atoms with E-state index in [1.165, 1.54) is 0 Å². The van der Waals surface area contributed by atoms with Crippen molar-refractivity contribution in [1.82, 2.24) is 10.2 Å². The van der Waals surface area contributed by atoms with Crippen LogP contribution < -0.4 is 5.32 Å². The number of carboxylic acid groups (broad SMARTS) is 1. The molecule has 1 aliphatic carbocycles. The van der Waals surface area contributed by atoms with Crippen LogP contribution >= 0.6 is 0 Å². The summed E-state index contributed by atoms with van der Waals surface area (Å²) >= 11 is 0. The zero-order valence-corrected chi connectivity index (χ0v) is 15.1. The van der Waals surface area contributed by atoms with E-state index in [2.05, 4.69) is 5.32 Å². The van der Waals surface area contributed by atoms with Gasteiger partial charge >= 0.3 is 5.97 Å². The topological polar surface area (TPSA) is 86.7 Å². The molecule has 0 radical (unpaired) electrons. The molecule has 6 heteroatoms. The number of hydrogen-bond acceptors (Lipinski definition) is 3. The average molecular weight is 358 g/mol. The van der Waals surface area contributed by atoms with E-state index in [9.17, 15) is 19.5 Å². The Morgan fingerprint density at radius 3 is 2.31 bits per heavy atom. The maximum Gasteiger partial charge on any atom is 0.319 e. The van der Waals surface area contributed by atoms with Crippen LogP contribution in [0, 0.1) is 5.41 Å². The minimum Gasteiger partial charge on any atom is -0.480 e. The fourth-order valence-electron chi connectivity index (χ4n) is 3.69. The number of nitrogens with zero attached hydrogens (tertiary/aromatic N) is 1. The van der Waals surface area contributed by atoms with Crippen molar-refractivity contribution in [3.8, 4) is 0 Å². The number of carbonyl (C=O) groups is 3. The lowest BCUT2D eigenvalue weighted by Crippen LogP contribution is -2.50. The molecule has 1 aromatic carbocycles. The van der Waals surface area contributed by atoms with Crippen molar-refractivity contribution in [1.29, 1.82) is 0 Å². The highest BCUT2D eigenvalue weighted by atomic mass is 16.4. The predicted molar refractivity (Wildman–Crippen MR) is 96.5 cm³/mol. The Balaban J connectivity index is 1.54. The molecule has 1 heterocycles. The molecule has 6 nitrogen and oxygen atoms in total. The highest BCUT2D eigenvalue weighted by Gasteiger charge is 2.57. The van der Waals surface area contributed by atoms with Gasteiger partial charge < -0.3 is 15.3 Å². The van der Waals surface area contributed by atoms with Crippen LogP contribution in [-0.2, 0) is 14.4 Å². The molecule has 0 aromatic heterocycles. The Labute approximate surface area is 153 Å². The number of carbonyl (C=O) groups excluding carboxylic acids is 2. The molecule has 140 valence electrons. The third-order valence-corrected chi connectivity index (χ3v) is 5.64. The summed E-state index contributed by atoms with van der Waals surface area (Å²) in [6.07, 6.45) is 2.92. The van der Waals surface area contributed by atoms with E-state index in [-0.39, 0.29) is 23.8 Å². The van der Waals surface area contributed by atoms with E-state index < -0.39 is 11.4 Å². The van der Waals surface area contributed by atoms with Gasteiger partial charge in [-0.1, -0.05) is 37.3 Å². The Hall–Kier alpha value is -2.37. The Morgan fingerprint density at radius 1 is 1.19 bits per heavy atom. The summed E-state index contributed by atoms with van der Waals surface area (Å²) < 4.78 is 0. The Bertz CT molecular complexity index is 676. The number of rotatable bonds is 6. The van der Waals surface area contributed by atoms with Gasteiger partial charge in [-0.3, -0.25) is 14.4 Å². The molecule has 1 unspecified atom stereocenters. The molecule has 3 rings (SSSR count). The van der Waals surface area contributed by atoms with Crippen molar-refractivity contribution in [3.63, 3.8) is 0 Å². The molecule has 1 aliphatic heterocycles. The van der Waals surface area contributed by atoms with Crippen molar-refractivity contribution in [2.45, 2.75) is 51.0 Å². The molecule has 1 aromatic rings. The number of amides is 2. The van der Waals surface area contributed by atoms with E-state index in [1.54, 1.807) is 0 Å². The van der Waals surface area contributed by atoms with Gasteiger partial charge in [0.25, 0.3) is 0 Å². The third-order valence-electron chi connectivity index (χ3n) is 5.64. The summed E-state index contributed by atoms with van der Waals surface area (Å²) in [5, 5.41) is 12.1. The summed E-state index contributed by atoms with van der Waals surface area (Å²) in [4.78, 5) is 38.2. The van der Waals surface area contributed by atoms with Gasteiger partial charge in [0, 0.05) is 19.1 Å². The maximum absolute atomic E-state index is 12.9. The smallest absolute Gasteiger partial charge is 0.319 e. The minimum atomic E-state index is -1.20. The predicted octanol–water partition coefficient (Wildman–Crippen LogP) is 2.15. The maximum atomic E-state index is 12.9. The quantitative estimate of drug-likeness (QED) is 0.763.